The summed E-state index contributed by atoms with van der Waals surface area (Å²) >= 11 is 0. The highest BCUT2D eigenvalue weighted by Crippen LogP contribution is 2.44. The van der Waals surface area contributed by atoms with Gasteiger partial charge in [0.15, 0.2) is 5.78 Å². The number of nitrogens with one attached hydrogen (secondary N) is 1. The standard InChI is InChI=1S/C20H18NO4P/c22-20(17-10-4-1-5-11-17)16-21-26(23,24-18-12-6-2-7-13-18)25-19-14-8-3-9-15-19/h1-15H,16H2,(H,21,23). The summed E-state index contributed by atoms with van der Waals surface area (Å²) in [4.78, 5) is 12.3. The average Bonchev–Trinajstić information content (AvgIpc) is 2.68. The van der Waals surface area contributed by atoms with Crippen LogP contribution in [0.25, 0.3) is 0 Å². The van der Waals surface area contributed by atoms with E-state index in [0.29, 0.717) is 17.1 Å². The first-order valence-electron chi connectivity index (χ1n) is 8.07. The summed E-state index contributed by atoms with van der Waals surface area (Å²) in [6.45, 7) is -0.180. The Labute approximate surface area is 152 Å². The second-order valence-corrected chi connectivity index (χ2v) is 7.11. The molecule has 3 aromatic rings. The number of para-hydroxylation sites is 2. The minimum Gasteiger partial charge on any atom is -0.405 e. The first-order valence-corrected chi connectivity index (χ1v) is 9.62. The van der Waals surface area contributed by atoms with E-state index in [9.17, 15) is 9.36 Å². The number of benzene rings is 3. The largest absolute Gasteiger partial charge is 0.513 e. The molecule has 3 rings (SSSR count). The lowest BCUT2D eigenvalue weighted by atomic mass is 10.1. The third-order valence-electron chi connectivity index (χ3n) is 3.47. The summed E-state index contributed by atoms with van der Waals surface area (Å²) in [6.07, 6.45) is 0. The van der Waals surface area contributed by atoms with Crippen LogP contribution in [-0.2, 0) is 4.57 Å². The van der Waals surface area contributed by atoms with E-state index < -0.39 is 7.75 Å². The summed E-state index contributed by atoms with van der Waals surface area (Å²) in [5.74, 6) is 0.553. The maximum absolute atomic E-state index is 13.2. The molecule has 0 amide bonds. The molecule has 0 saturated heterocycles. The van der Waals surface area contributed by atoms with Gasteiger partial charge < -0.3 is 9.05 Å². The molecule has 0 atom stereocenters. The van der Waals surface area contributed by atoms with Gasteiger partial charge in [-0.3, -0.25) is 4.79 Å². The molecule has 3 aromatic carbocycles. The molecule has 0 unspecified atom stereocenters. The number of hydrogen-bond donors (Lipinski definition) is 1. The van der Waals surface area contributed by atoms with Crippen molar-refractivity contribution in [2.24, 2.45) is 0 Å². The normalized spacial score (nSPS) is 10.9. The molecule has 132 valence electrons. The topological polar surface area (TPSA) is 64.6 Å². The van der Waals surface area contributed by atoms with Gasteiger partial charge in [0, 0.05) is 5.56 Å². The van der Waals surface area contributed by atoms with E-state index >= 15 is 0 Å². The van der Waals surface area contributed by atoms with Crippen molar-refractivity contribution in [3.63, 3.8) is 0 Å². The Morgan fingerprint density at radius 3 is 1.62 bits per heavy atom. The zero-order valence-corrected chi connectivity index (χ0v) is 14.8. The van der Waals surface area contributed by atoms with Crippen molar-refractivity contribution in [1.82, 2.24) is 5.09 Å². The Morgan fingerprint density at radius 2 is 1.15 bits per heavy atom. The molecule has 0 bridgehead atoms. The first-order chi connectivity index (χ1) is 12.6. The highest BCUT2D eigenvalue weighted by molar-refractivity contribution is 7.52. The lowest BCUT2D eigenvalue weighted by Gasteiger charge is -2.20. The number of carbonyl (C=O) groups is 1. The highest BCUT2D eigenvalue weighted by atomic mass is 31.2. The molecule has 1 N–H and O–H groups in total. The van der Waals surface area contributed by atoms with E-state index in [2.05, 4.69) is 5.09 Å². The summed E-state index contributed by atoms with van der Waals surface area (Å²) in [7, 11) is -3.81. The van der Waals surface area contributed by atoms with E-state index in [4.69, 9.17) is 9.05 Å². The van der Waals surface area contributed by atoms with Crippen molar-refractivity contribution in [3.8, 4) is 11.5 Å². The highest BCUT2D eigenvalue weighted by Gasteiger charge is 2.29. The van der Waals surface area contributed by atoms with Crippen LogP contribution < -0.4 is 14.1 Å². The molecule has 5 nitrogen and oxygen atoms in total. The number of Topliss-reactive ketones (excluding diaryl/α,β-unsaturated/α-hetero) is 1. The second kappa shape index (κ2) is 8.48. The minimum absolute atomic E-state index is 0.180. The summed E-state index contributed by atoms with van der Waals surface area (Å²) in [5.41, 5.74) is 0.519. The molecular weight excluding hydrogens is 349 g/mol. The Morgan fingerprint density at radius 1 is 0.731 bits per heavy atom. The molecule has 0 spiro atoms. The van der Waals surface area contributed by atoms with Crippen LogP contribution in [0.1, 0.15) is 10.4 Å². The van der Waals surface area contributed by atoms with Gasteiger partial charge in [0.05, 0.1) is 6.54 Å². The van der Waals surface area contributed by atoms with Crippen molar-refractivity contribution in [2.75, 3.05) is 6.54 Å². The molecule has 6 heteroatoms. The molecule has 0 aromatic heterocycles. The van der Waals surface area contributed by atoms with Crippen molar-refractivity contribution < 1.29 is 18.4 Å². The van der Waals surface area contributed by atoms with Gasteiger partial charge in [-0.05, 0) is 24.3 Å². The number of carbonyl (C=O) groups excluding carboxylic acids is 1. The maximum atomic E-state index is 13.2. The van der Waals surface area contributed by atoms with Crippen LogP contribution in [0.3, 0.4) is 0 Å². The van der Waals surface area contributed by atoms with E-state index in [1.807, 2.05) is 18.2 Å². The molecule has 0 fully saturated rings. The van der Waals surface area contributed by atoms with E-state index in [1.54, 1.807) is 72.8 Å². The molecule has 0 aliphatic carbocycles. The van der Waals surface area contributed by atoms with Crippen LogP contribution in [0.5, 0.6) is 11.5 Å². The maximum Gasteiger partial charge on any atom is 0.513 e. The molecular formula is C20H18NO4P. The lowest BCUT2D eigenvalue weighted by Crippen LogP contribution is -2.25. The van der Waals surface area contributed by atoms with Crippen LogP contribution in [0.4, 0.5) is 0 Å². The fourth-order valence-electron chi connectivity index (χ4n) is 2.22. The van der Waals surface area contributed by atoms with Gasteiger partial charge in [-0.2, -0.15) is 5.09 Å². The number of rotatable bonds is 8. The van der Waals surface area contributed by atoms with Gasteiger partial charge >= 0.3 is 7.75 Å². The second-order valence-electron chi connectivity index (χ2n) is 5.43. The summed E-state index contributed by atoms with van der Waals surface area (Å²) < 4.78 is 24.3. The molecule has 26 heavy (non-hydrogen) atoms. The van der Waals surface area contributed by atoms with Gasteiger partial charge in [-0.15, -0.1) is 0 Å². The number of ketones is 1. The van der Waals surface area contributed by atoms with E-state index in [1.165, 1.54) is 0 Å². The van der Waals surface area contributed by atoms with Crippen molar-refractivity contribution in [1.29, 1.82) is 0 Å². The van der Waals surface area contributed by atoms with Crippen LogP contribution in [-0.4, -0.2) is 12.3 Å². The van der Waals surface area contributed by atoms with Crippen molar-refractivity contribution in [3.05, 3.63) is 96.6 Å². The van der Waals surface area contributed by atoms with Crippen LogP contribution in [0.15, 0.2) is 91.0 Å². The van der Waals surface area contributed by atoms with Gasteiger partial charge in [0.25, 0.3) is 0 Å². The fraction of sp³-hybridized carbons (Fsp3) is 0.0500. The van der Waals surface area contributed by atoms with Gasteiger partial charge in [-0.25, -0.2) is 4.57 Å². The van der Waals surface area contributed by atoms with Gasteiger partial charge in [-0.1, -0.05) is 66.7 Å². The fourth-order valence-corrected chi connectivity index (χ4v) is 3.52. The predicted octanol–water partition coefficient (Wildman–Crippen LogP) is 4.73. The number of hydrogen-bond acceptors (Lipinski definition) is 4. The Hall–Kier alpha value is -2.88. The smallest absolute Gasteiger partial charge is 0.405 e. The van der Waals surface area contributed by atoms with E-state index in [0.717, 1.165) is 0 Å². The molecule has 0 heterocycles. The van der Waals surface area contributed by atoms with Crippen LogP contribution in [0.2, 0.25) is 0 Å². The van der Waals surface area contributed by atoms with Crippen molar-refractivity contribution >= 4 is 13.5 Å². The first kappa shape index (κ1) is 17.9. The Balaban J connectivity index is 1.76. The van der Waals surface area contributed by atoms with E-state index in [-0.39, 0.29) is 12.3 Å². The average molecular weight is 367 g/mol. The zero-order chi connectivity index (χ0) is 18.2. The summed E-state index contributed by atoms with van der Waals surface area (Å²) in [5, 5.41) is 2.65. The Bertz CT molecular complexity index is 840. The van der Waals surface area contributed by atoms with Crippen molar-refractivity contribution in [2.45, 2.75) is 0 Å². The molecule has 0 aliphatic heterocycles. The zero-order valence-electron chi connectivity index (χ0n) is 13.9. The van der Waals surface area contributed by atoms with Gasteiger partial charge in [0.2, 0.25) is 0 Å². The summed E-state index contributed by atoms with van der Waals surface area (Å²) in [6, 6.07) is 26.1. The quantitative estimate of drug-likeness (QED) is 0.461. The van der Waals surface area contributed by atoms with Crippen LogP contribution in [0, 0.1) is 0 Å². The lowest BCUT2D eigenvalue weighted by molar-refractivity contribution is 0.0994. The molecule has 0 aliphatic rings. The predicted molar refractivity (Wildman–Crippen MR) is 101 cm³/mol. The van der Waals surface area contributed by atoms with Gasteiger partial charge in [0.1, 0.15) is 11.5 Å². The third-order valence-corrected chi connectivity index (χ3v) is 4.91. The monoisotopic (exact) mass is 367 g/mol. The minimum atomic E-state index is -3.81. The molecule has 0 saturated carbocycles. The van der Waals surface area contributed by atoms with Crippen LogP contribution >= 0.6 is 7.75 Å². The Kier molecular flexibility index (Phi) is 5.84. The molecule has 0 radical (unpaired) electrons. The third kappa shape index (κ3) is 5.06. The SMILES string of the molecule is O=C(CNP(=O)(Oc1ccccc1)Oc1ccccc1)c1ccccc1.